The maximum atomic E-state index is 10.1. The van der Waals surface area contributed by atoms with E-state index in [4.69, 9.17) is 27.9 Å². The Balaban J connectivity index is 2.79. The van der Waals surface area contributed by atoms with Gasteiger partial charge in [-0.2, -0.15) is 0 Å². The summed E-state index contributed by atoms with van der Waals surface area (Å²) < 4.78 is 6.25. The highest BCUT2D eigenvalue weighted by Gasteiger charge is 2.23. The van der Waals surface area contributed by atoms with Crippen LogP contribution in [0.3, 0.4) is 0 Å². The molecule has 2 nitrogen and oxygen atoms in total. The Morgan fingerprint density at radius 1 is 1.24 bits per heavy atom. The summed E-state index contributed by atoms with van der Waals surface area (Å²) in [4.78, 5) is 0. The van der Waals surface area contributed by atoms with Crippen LogP contribution in [0.4, 0.5) is 0 Å². The number of aliphatic hydroxyl groups is 1. The molecule has 5 heteroatoms. The number of hydrogen-bond acceptors (Lipinski definition) is 2. The average Bonchev–Trinajstić information content (AvgIpc) is 2.32. The zero-order valence-corrected chi connectivity index (χ0v) is 12.9. The molecule has 0 aromatic heterocycles. The van der Waals surface area contributed by atoms with Crippen molar-refractivity contribution in [2.24, 2.45) is 0 Å². The molecule has 0 saturated heterocycles. The molecule has 0 aliphatic rings. The first-order valence-corrected chi connectivity index (χ1v) is 6.96. The lowest BCUT2D eigenvalue weighted by atomic mass is 9.99. The van der Waals surface area contributed by atoms with Crippen molar-refractivity contribution in [3.63, 3.8) is 0 Å². The van der Waals surface area contributed by atoms with Gasteiger partial charge in [-0.15, -0.1) is 0 Å². The second kappa shape index (κ2) is 6.28. The van der Waals surface area contributed by atoms with Crippen molar-refractivity contribution in [3.05, 3.63) is 26.7 Å². The standard InChI is InChI=1S/C12H15BrCl2O2/c1-3-12(16,4-2)7-17-11-6-9(14)8(13)5-10(11)15/h5-6,16H,3-4,7H2,1-2H3. The number of hydrogen-bond donors (Lipinski definition) is 1. The van der Waals surface area contributed by atoms with Crippen LogP contribution in [0.15, 0.2) is 16.6 Å². The van der Waals surface area contributed by atoms with Crippen molar-refractivity contribution in [1.29, 1.82) is 0 Å². The molecule has 0 bridgehead atoms. The Bertz CT molecular complexity index is 392. The van der Waals surface area contributed by atoms with E-state index in [2.05, 4.69) is 15.9 Å². The summed E-state index contributed by atoms with van der Waals surface area (Å²) in [6.07, 6.45) is 1.26. The molecule has 0 aliphatic heterocycles. The van der Waals surface area contributed by atoms with Crippen molar-refractivity contribution in [2.45, 2.75) is 32.3 Å². The van der Waals surface area contributed by atoms with Crippen molar-refractivity contribution in [1.82, 2.24) is 0 Å². The van der Waals surface area contributed by atoms with Gasteiger partial charge in [0.25, 0.3) is 0 Å². The van der Waals surface area contributed by atoms with E-state index in [1.807, 2.05) is 13.8 Å². The van der Waals surface area contributed by atoms with Gasteiger partial charge in [0.05, 0.1) is 15.6 Å². The summed E-state index contributed by atoms with van der Waals surface area (Å²) in [6.45, 7) is 4.05. The summed E-state index contributed by atoms with van der Waals surface area (Å²) >= 11 is 15.3. The predicted octanol–water partition coefficient (Wildman–Crippen LogP) is 4.69. The zero-order chi connectivity index (χ0) is 13.1. The third-order valence-electron chi connectivity index (χ3n) is 2.79. The molecule has 0 spiro atoms. The molecule has 0 heterocycles. The molecule has 1 aromatic rings. The first-order chi connectivity index (χ1) is 7.91. The van der Waals surface area contributed by atoms with Gasteiger partial charge in [-0.3, -0.25) is 0 Å². The number of ether oxygens (including phenoxy) is 1. The van der Waals surface area contributed by atoms with Crippen LogP contribution in [0.5, 0.6) is 5.75 Å². The largest absolute Gasteiger partial charge is 0.489 e. The fourth-order valence-corrected chi connectivity index (χ4v) is 2.13. The molecule has 0 unspecified atom stereocenters. The van der Waals surface area contributed by atoms with Gasteiger partial charge in [-0.1, -0.05) is 37.0 Å². The molecule has 1 N–H and O–H groups in total. The summed E-state index contributed by atoms with van der Waals surface area (Å²) in [7, 11) is 0. The van der Waals surface area contributed by atoms with Crippen LogP contribution in [0, 0.1) is 0 Å². The minimum atomic E-state index is -0.817. The van der Waals surface area contributed by atoms with Crippen LogP contribution in [0.2, 0.25) is 10.0 Å². The smallest absolute Gasteiger partial charge is 0.139 e. The van der Waals surface area contributed by atoms with Crippen molar-refractivity contribution in [2.75, 3.05) is 6.61 Å². The molecule has 0 aliphatic carbocycles. The molecular formula is C12H15BrCl2O2. The maximum absolute atomic E-state index is 10.1. The van der Waals surface area contributed by atoms with Crippen LogP contribution in [-0.4, -0.2) is 17.3 Å². The van der Waals surface area contributed by atoms with Gasteiger partial charge in [-0.25, -0.2) is 0 Å². The van der Waals surface area contributed by atoms with E-state index in [0.29, 0.717) is 28.6 Å². The van der Waals surface area contributed by atoms with Crippen molar-refractivity contribution >= 4 is 39.1 Å². The lowest BCUT2D eigenvalue weighted by molar-refractivity contribution is -0.0113. The highest BCUT2D eigenvalue weighted by molar-refractivity contribution is 9.10. The Kier molecular flexibility index (Phi) is 5.58. The van der Waals surface area contributed by atoms with Gasteiger partial charge < -0.3 is 9.84 Å². The van der Waals surface area contributed by atoms with Crippen LogP contribution in [-0.2, 0) is 0 Å². The third kappa shape index (κ3) is 4.02. The van der Waals surface area contributed by atoms with E-state index in [1.54, 1.807) is 12.1 Å². The monoisotopic (exact) mass is 340 g/mol. The van der Waals surface area contributed by atoms with Gasteiger partial charge in [0.15, 0.2) is 0 Å². The Morgan fingerprint density at radius 2 is 1.82 bits per heavy atom. The zero-order valence-electron chi connectivity index (χ0n) is 9.77. The second-order valence-electron chi connectivity index (χ2n) is 3.92. The van der Waals surface area contributed by atoms with Crippen LogP contribution < -0.4 is 4.74 Å². The summed E-state index contributed by atoms with van der Waals surface area (Å²) in [5.74, 6) is 0.486. The Morgan fingerprint density at radius 3 is 2.35 bits per heavy atom. The first-order valence-electron chi connectivity index (χ1n) is 5.41. The molecule has 0 amide bonds. The normalized spacial score (nSPS) is 11.6. The minimum Gasteiger partial charge on any atom is -0.489 e. The fourth-order valence-electron chi connectivity index (χ4n) is 1.28. The predicted molar refractivity (Wildman–Crippen MR) is 75.2 cm³/mol. The molecule has 0 atom stereocenters. The van der Waals surface area contributed by atoms with Gasteiger partial charge in [0.1, 0.15) is 12.4 Å². The highest BCUT2D eigenvalue weighted by atomic mass is 79.9. The Hall–Kier alpha value is 0.0400. The maximum Gasteiger partial charge on any atom is 0.139 e. The molecular weight excluding hydrogens is 327 g/mol. The molecule has 0 saturated carbocycles. The van der Waals surface area contributed by atoms with E-state index >= 15 is 0 Å². The average molecular weight is 342 g/mol. The van der Waals surface area contributed by atoms with Crippen molar-refractivity contribution in [3.8, 4) is 5.75 Å². The van der Waals surface area contributed by atoms with Gasteiger partial charge in [-0.05, 0) is 34.8 Å². The molecule has 0 fully saturated rings. The van der Waals surface area contributed by atoms with Crippen LogP contribution >= 0.6 is 39.1 Å². The topological polar surface area (TPSA) is 29.5 Å². The number of rotatable bonds is 5. The Labute approximate surface area is 120 Å². The van der Waals surface area contributed by atoms with Gasteiger partial charge >= 0.3 is 0 Å². The fraction of sp³-hybridized carbons (Fsp3) is 0.500. The van der Waals surface area contributed by atoms with E-state index in [1.165, 1.54) is 0 Å². The summed E-state index contributed by atoms with van der Waals surface area (Å²) in [6, 6.07) is 3.32. The molecule has 96 valence electrons. The number of halogens is 3. The quantitative estimate of drug-likeness (QED) is 0.787. The van der Waals surface area contributed by atoms with Gasteiger partial charge in [0, 0.05) is 10.5 Å². The van der Waals surface area contributed by atoms with E-state index < -0.39 is 5.60 Å². The SMILES string of the molecule is CCC(O)(CC)COc1cc(Cl)c(Br)cc1Cl. The van der Waals surface area contributed by atoms with E-state index in [0.717, 1.165) is 4.47 Å². The number of benzene rings is 1. The first kappa shape index (κ1) is 15.1. The lowest BCUT2D eigenvalue weighted by Crippen LogP contribution is -2.34. The van der Waals surface area contributed by atoms with E-state index in [-0.39, 0.29) is 6.61 Å². The molecule has 0 radical (unpaired) electrons. The summed E-state index contributed by atoms with van der Waals surface area (Å²) in [5, 5.41) is 11.1. The molecule has 17 heavy (non-hydrogen) atoms. The minimum absolute atomic E-state index is 0.206. The summed E-state index contributed by atoms with van der Waals surface area (Å²) in [5.41, 5.74) is -0.817. The second-order valence-corrected chi connectivity index (χ2v) is 5.59. The molecule has 1 rings (SSSR count). The van der Waals surface area contributed by atoms with Crippen LogP contribution in [0.25, 0.3) is 0 Å². The molecule has 1 aromatic carbocycles. The third-order valence-corrected chi connectivity index (χ3v) is 4.28. The van der Waals surface area contributed by atoms with Crippen molar-refractivity contribution < 1.29 is 9.84 Å². The van der Waals surface area contributed by atoms with Gasteiger partial charge in [0.2, 0.25) is 0 Å². The highest BCUT2D eigenvalue weighted by Crippen LogP contribution is 2.34. The van der Waals surface area contributed by atoms with Crippen LogP contribution in [0.1, 0.15) is 26.7 Å². The van der Waals surface area contributed by atoms with E-state index in [9.17, 15) is 5.11 Å². The lowest BCUT2D eigenvalue weighted by Gasteiger charge is -2.25.